The van der Waals surface area contributed by atoms with E-state index in [4.69, 9.17) is 4.74 Å². The maximum absolute atomic E-state index is 10.5. The minimum absolute atomic E-state index is 0.137. The van der Waals surface area contributed by atoms with Crippen molar-refractivity contribution in [3.05, 3.63) is 33.4 Å². The van der Waals surface area contributed by atoms with Gasteiger partial charge in [0.05, 0.1) is 12.0 Å². The van der Waals surface area contributed by atoms with Crippen molar-refractivity contribution in [2.24, 2.45) is 0 Å². The fraction of sp³-hybridized carbons (Fsp3) is 0.333. The van der Waals surface area contributed by atoms with Crippen molar-refractivity contribution in [2.45, 2.75) is 13.8 Å². The summed E-state index contributed by atoms with van der Waals surface area (Å²) in [5, 5.41) is 10.5. The third kappa shape index (κ3) is 1.61. The average Bonchev–Trinajstić information content (AvgIpc) is 2.09. The molecule has 0 saturated carbocycles. The highest BCUT2D eigenvalue weighted by Crippen LogP contribution is 2.28. The van der Waals surface area contributed by atoms with Gasteiger partial charge in [-0.2, -0.15) is 0 Å². The Hall–Kier alpha value is -1.58. The third-order valence-corrected chi connectivity index (χ3v) is 2.13. The Morgan fingerprint density at radius 3 is 2.38 bits per heavy atom. The number of benzene rings is 1. The van der Waals surface area contributed by atoms with E-state index in [9.17, 15) is 10.1 Å². The van der Waals surface area contributed by atoms with Crippen molar-refractivity contribution in [2.75, 3.05) is 7.11 Å². The molecule has 70 valence electrons. The molecule has 13 heavy (non-hydrogen) atoms. The van der Waals surface area contributed by atoms with E-state index in [0.29, 0.717) is 11.3 Å². The fourth-order valence-electron chi connectivity index (χ4n) is 1.20. The van der Waals surface area contributed by atoms with E-state index >= 15 is 0 Å². The summed E-state index contributed by atoms with van der Waals surface area (Å²) in [6.45, 7) is 3.52. The van der Waals surface area contributed by atoms with E-state index in [1.807, 2.05) is 0 Å². The topological polar surface area (TPSA) is 52.4 Å². The van der Waals surface area contributed by atoms with Crippen LogP contribution in [0.5, 0.6) is 5.75 Å². The van der Waals surface area contributed by atoms with Crippen molar-refractivity contribution < 1.29 is 9.66 Å². The van der Waals surface area contributed by atoms with Gasteiger partial charge in [0.25, 0.3) is 5.69 Å². The maximum atomic E-state index is 10.5. The lowest BCUT2D eigenvalue weighted by atomic mass is 10.1. The van der Waals surface area contributed by atoms with E-state index in [2.05, 4.69) is 0 Å². The second-order valence-electron chi connectivity index (χ2n) is 2.79. The highest BCUT2D eigenvalue weighted by Gasteiger charge is 2.14. The van der Waals surface area contributed by atoms with Gasteiger partial charge in [0.15, 0.2) is 0 Å². The summed E-state index contributed by atoms with van der Waals surface area (Å²) in [7, 11) is 1.55. The highest BCUT2D eigenvalue weighted by molar-refractivity contribution is 5.50. The smallest absolute Gasteiger partial charge is 0.272 e. The minimum atomic E-state index is -0.387. The van der Waals surface area contributed by atoms with Crippen LogP contribution >= 0.6 is 0 Å². The zero-order valence-electron chi connectivity index (χ0n) is 7.83. The molecule has 1 aromatic rings. The van der Waals surface area contributed by atoms with Crippen LogP contribution in [0.1, 0.15) is 11.1 Å². The molecule has 1 aromatic carbocycles. The number of hydrogen-bond acceptors (Lipinski definition) is 3. The molecule has 1 rings (SSSR count). The number of methoxy groups -OCH3 is 1. The van der Waals surface area contributed by atoms with Gasteiger partial charge in [-0.3, -0.25) is 10.1 Å². The fourth-order valence-corrected chi connectivity index (χ4v) is 1.20. The zero-order valence-corrected chi connectivity index (χ0v) is 7.83. The van der Waals surface area contributed by atoms with Crippen molar-refractivity contribution in [3.8, 4) is 5.75 Å². The number of ether oxygens (including phenoxy) is 1. The molecule has 0 radical (unpaired) electrons. The number of hydrogen-bond donors (Lipinski definition) is 0. The Labute approximate surface area is 76.3 Å². The van der Waals surface area contributed by atoms with Crippen LogP contribution in [-0.2, 0) is 0 Å². The first kappa shape index (κ1) is 9.51. The predicted octanol–water partition coefficient (Wildman–Crippen LogP) is 2.22. The molecular weight excluding hydrogens is 170 g/mol. The molecule has 0 heterocycles. The molecule has 0 aliphatic carbocycles. The summed E-state index contributed by atoms with van der Waals surface area (Å²) in [6.07, 6.45) is 0. The van der Waals surface area contributed by atoms with Crippen LogP contribution in [0, 0.1) is 24.0 Å². The van der Waals surface area contributed by atoms with Gasteiger partial charge >= 0.3 is 0 Å². The highest BCUT2D eigenvalue weighted by atomic mass is 16.6. The van der Waals surface area contributed by atoms with Crippen LogP contribution in [0.3, 0.4) is 0 Å². The molecule has 0 fully saturated rings. The molecule has 4 heteroatoms. The zero-order chi connectivity index (χ0) is 10.0. The molecule has 0 N–H and O–H groups in total. The summed E-state index contributed by atoms with van der Waals surface area (Å²) < 4.78 is 5.04. The van der Waals surface area contributed by atoms with Crippen LogP contribution in [0.15, 0.2) is 12.1 Å². The molecule has 0 bridgehead atoms. The monoisotopic (exact) mass is 181 g/mol. The van der Waals surface area contributed by atoms with Crippen molar-refractivity contribution >= 4 is 5.69 Å². The SMILES string of the molecule is COc1ccc([N+](=O)[O-])c(C)c1C. The van der Waals surface area contributed by atoms with E-state index in [1.54, 1.807) is 27.0 Å². The molecule has 4 nitrogen and oxygen atoms in total. The van der Waals surface area contributed by atoms with E-state index in [1.165, 1.54) is 6.07 Å². The van der Waals surface area contributed by atoms with Gasteiger partial charge in [-0.1, -0.05) is 0 Å². The van der Waals surface area contributed by atoms with Gasteiger partial charge in [-0.05, 0) is 19.9 Å². The Morgan fingerprint density at radius 2 is 1.92 bits per heavy atom. The average molecular weight is 181 g/mol. The predicted molar refractivity (Wildman–Crippen MR) is 49.1 cm³/mol. The van der Waals surface area contributed by atoms with Gasteiger partial charge in [0, 0.05) is 17.2 Å². The van der Waals surface area contributed by atoms with Crippen LogP contribution < -0.4 is 4.74 Å². The molecule has 0 unspecified atom stereocenters. The summed E-state index contributed by atoms with van der Waals surface area (Å²) in [5.41, 5.74) is 1.61. The van der Waals surface area contributed by atoms with Crippen LogP contribution in [0.25, 0.3) is 0 Å². The Kier molecular flexibility index (Phi) is 2.51. The molecular formula is C9H11NO3. The van der Waals surface area contributed by atoms with E-state index < -0.39 is 0 Å². The molecule has 0 saturated heterocycles. The van der Waals surface area contributed by atoms with Gasteiger partial charge in [-0.25, -0.2) is 0 Å². The van der Waals surface area contributed by atoms with Crippen LogP contribution in [0.4, 0.5) is 5.69 Å². The van der Waals surface area contributed by atoms with Crippen molar-refractivity contribution in [1.82, 2.24) is 0 Å². The van der Waals surface area contributed by atoms with E-state index in [0.717, 1.165) is 5.56 Å². The number of rotatable bonds is 2. The van der Waals surface area contributed by atoms with Gasteiger partial charge in [-0.15, -0.1) is 0 Å². The molecule has 0 atom stereocenters. The molecule has 0 aromatic heterocycles. The number of nitrogens with zero attached hydrogens (tertiary/aromatic N) is 1. The van der Waals surface area contributed by atoms with Gasteiger partial charge < -0.3 is 4.74 Å². The largest absolute Gasteiger partial charge is 0.496 e. The van der Waals surface area contributed by atoms with Crippen LogP contribution in [0.2, 0.25) is 0 Å². The van der Waals surface area contributed by atoms with Crippen molar-refractivity contribution in [1.29, 1.82) is 0 Å². The lowest BCUT2D eigenvalue weighted by Gasteiger charge is -2.06. The molecule has 0 amide bonds. The molecule has 0 aliphatic heterocycles. The number of nitro benzene ring substituents is 1. The Morgan fingerprint density at radius 1 is 1.31 bits per heavy atom. The quantitative estimate of drug-likeness (QED) is 0.519. The third-order valence-electron chi connectivity index (χ3n) is 2.13. The van der Waals surface area contributed by atoms with Crippen LogP contribution in [-0.4, -0.2) is 12.0 Å². The maximum Gasteiger partial charge on any atom is 0.272 e. The normalized spacial score (nSPS) is 9.77. The van der Waals surface area contributed by atoms with E-state index in [-0.39, 0.29) is 10.6 Å². The summed E-state index contributed by atoms with van der Waals surface area (Å²) >= 11 is 0. The minimum Gasteiger partial charge on any atom is -0.496 e. The lowest BCUT2D eigenvalue weighted by Crippen LogP contribution is -1.96. The Bertz CT molecular complexity index is 347. The Balaban J connectivity index is 3.31. The summed E-state index contributed by atoms with van der Waals surface area (Å²) in [6, 6.07) is 3.07. The lowest BCUT2D eigenvalue weighted by molar-refractivity contribution is -0.385. The second kappa shape index (κ2) is 3.43. The second-order valence-corrected chi connectivity index (χ2v) is 2.79. The summed E-state index contributed by atoms with van der Waals surface area (Å²) in [5.74, 6) is 0.683. The van der Waals surface area contributed by atoms with Gasteiger partial charge in [0.1, 0.15) is 5.75 Å². The first-order valence-corrected chi connectivity index (χ1v) is 3.86. The standard InChI is InChI=1S/C9H11NO3/c1-6-7(2)9(13-3)5-4-8(6)10(11)12/h4-5H,1-3H3. The summed E-state index contributed by atoms with van der Waals surface area (Å²) in [4.78, 5) is 10.2. The first-order valence-electron chi connectivity index (χ1n) is 3.86. The first-order chi connectivity index (χ1) is 6.07. The van der Waals surface area contributed by atoms with Gasteiger partial charge in [0.2, 0.25) is 0 Å². The number of nitro groups is 1. The molecule has 0 spiro atoms. The van der Waals surface area contributed by atoms with Crippen molar-refractivity contribution in [3.63, 3.8) is 0 Å². The molecule has 0 aliphatic rings.